The van der Waals surface area contributed by atoms with E-state index < -0.39 is 33.7 Å². The largest absolute Gasteiger partial charge is 0.497 e. The number of amides is 1. The highest BCUT2D eigenvalue weighted by atomic mass is 35.6. The molecule has 0 spiro atoms. The van der Waals surface area contributed by atoms with Crippen LogP contribution in [0, 0.1) is 0 Å². The predicted molar refractivity (Wildman–Crippen MR) is 139 cm³/mol. The Morgan fingerprint density at radius 1 is 1.08 bits per heavy atom. The molecular weight excluding hydrogens is 529 g/mol. The van der Waals surface area contributed by atoms with Crippen LogP contribution < -0.4 is 10.1 Å². The van der Waals surface area contributed by atoms with Gasteiger partial charge in [0.15, 0.2) is 6.29 Å². The number of carbonyl (C=O) groups excluding carboxylic acids is 1. The summed E-state index contributed by atoms with van der Waals surface area (Å²) in [5.41, 5.74) is 0.602. The zero-order chi connectivity index (χ0) is 26.2. The van der Waals surface area contributed by atoms with E-state index in [1.807, 2.05) is 54.6 Å². The second-order valence-corrected chi connectivity index (χ2v) is 10.6. The molecule has 0 radical (unpaired) electrons. The summed E-state index contributed by atoms with van der Waals surface area (Å²) < 4.78 is 26.8. The Kier molecular flexibility index (Phi) is 10.5. The number of nitrogens with one attached hydrogen (secondary N) is 1. The molecule has 1 N–H and O–H groups in total. The topological polar surface area (TPSA) is 75.3 Å². The Balaban J connectivity index is 1.82. The summed E-state index contributed by atoms with van der Waals surface area (Å²) in [7, 11) is 3.14. The molecule has 0 bridgehead atoms. The standard InChI is InChI=1S/C26H30Cl3NO6/c1-4-25(30-24(31)26(27,28)29,17-34-15-19-10-12-20(32-2)13-11-19)23-21(14-22(33-3)36-23)35-16-18-8-6-5-7-9-18/h4-13,21-23H,1,14-17H2,2-3H3,(H,30,31)/t21-,22+,23+,25-/m1/s1. The van der Waals surface area contributed by atoms with Crippen molar-refractivity contribution in [1.82, 2.24) is 5.32 Å². The van der Waals surface area contributed by atoms with Crippen LogP contribution >= 0.6 is 34.8 Å². The van der Waals surface area contributed by atoms with E-state index in [0.29, 0.717) is 13.0 Å². The molecule has 2 aromatic carbocycles. The fourth-order valence-corrected chi connectivity index (χ4v) is 4.06. The van der Waals surface area contributed by atoms with Crippen LogP contribution in [-0.2, 0) is 37.0 Å². The van der Waals surface area contributed by atoms with E-state index in [0.717, 1.165) is 16.9 Å². The van der Waals surface area contributed by atoms with Gasteiger partial charge in [-0.25, -0.2) is 0 Å². The summed E-state index contributed by atoms with van der Waals surface area (Å²) in [4.78, 5) is 12.8. The van der Waals surface area contributed by atoms with Crippen LogP contribution in [0.15, 0.2) is 67.3 Å². The molecule has 0 aromatic heterocycles. The number of hydrogen-bond acceptors (Lipinski definition) is 6. The molecule has 10 heteroatoms. The van der Waals surface area contributed by atoms with Crippen molar-refractivity contribution in [3.05, 3.63) is 78.4 Å². The van der Waals surface area contributed by atoms with Crippen molar-refractivity contribution in [3.63, 3.8) is 0 Å². The van der Waals surface area contributed by atoms with Gasteiger partial charge in [-0.05, 0) is 23.3 Å². The Hall–Kier alpha value is -1.84. The first-order valence-electron chi connectivity index (χ1n) is 11.3. The molecule has 7 nitrogen and oxygen atoms in total. The molecule has 3 rings (SSSR count). The van der Waals surface area contributed by atoms with Crippen LogP contribution in [0.5, 0.6) is 5.75 Å². The van der Waals surface area contributed by atoms with E-state index in [1.54, 1.807) is 7.11 Å². The van der Waals surface area contributed by atoms with Gasteiger partial charge in [0, 0.05) is 13.5 Å². The number of benzene rings is 2. The smallest absolute Gasteiger partial charge is 0.273 e. The summed E-state index contributed by atoms with van der Waals surface area (Å²) in [6.07, 6.45) is 0.161. The van der Waals surface area contributed by atoms with Gasteiger partial charge in [-0.3, -0.25) is 4.79 Å². The van der Waals surface area contributed by atoms with Crippen molar-refractivity contribution in [3.8, 4) is 5.75 Å². The Morgan fingerprint density at radius 2 is 1.75 bits per heavy atom. The van der Waals surface area contributed by atoms with Crippen molar-refractivity contribution >= 4 is 40.7 Å². The highest BCUT2D eigenvalue weighted by molar-refractivity contribution is 6.76. The van der Waals surface area contributed by atoms with Crippen LogP contribution in [0.2, 0.25) is 0 Å². The van der Waals surface area contributed by atoms with Gasteiger partial charge < -0.3 is 29.0 Å². The van der Waals surface area contributed by atoms with E-state index in [1.165, 1.54) is 13.2 Å². The molecule has 196 valence electrons. The van der Waals surface area contributed by atoms with Gasteiger partial charge in [-0.2, -0.15) is 0 Å². The molecular formula is C26H30Cl3NO6. The predicted octanol–water partition coefficient (Wildman–Crippen LogP) is 4.97. The van der Waals surface area contributed by atoms with Gasteiger partial charge >= 0.3 is 0 Å². The summed E-state index contributed by atoms with van der Waals surface area (Å²) in [6, 6.07) is 17.1. The van der Waals surface area contributed by atoms with E-state index in [9.17, 15) is 4.79 Å². The minimum atomic E-state index is -2.20. The van der Waals surface area contributed by atoms with Gasteiger partial charge in [-0.15, -0.1) is 6.58 Å². The third kappa shape index (κ3) is 7.59. The molecule has 1 amide bonds. The molecule has 1 aliphatic heterocycles. The van der Waals surface area contributed by atoms with Crippen LogP contribution in [0.1, 0.15) is 17.5 Å². The molecule has 0 aliphatic carbocycles. The molecule has 0 unspecified atom stereocenters. The van der Waals surface area contributed by atoms with E-state index in [-0.39, 0.29) is 13.2 Å². The molecule has 1 aliphatic rings. The van der Waals surface area contributed by atoms with E-state index in [4.69, 9.17) is 58.5 Å². The number of rotatable bonds is 12. The average Bonchev–Trinajstić information content (AvgIpc) is 3.31. The molecule has 1 fully saturated rings. The molecule has 4 atom stereocenters. The van der Waals surface area contributed by atoms with Gasteiger partial charge in [-0.1, -0.05) is 83.3 Å². The summed E-state index contributed by atoms with van der Waals surface area (Å²) in [6.45, 7) is 4.50. The zero-order valence-corrected chi connectivity index (χ0v) is 22.4. The number of hydrogen-bond donors (Lipinski definition) is 1. The number of ether oxygens (including phenoxy) is 5. The molecule has 1 saturated heterocycles. The lowest BCUT2D eigenvalue weighted by atomic mass is 9.89. The van der Waals surface area contributed by atoms with Gasteiger partial charge in [0.1, 0.15) is 17.4 Å². The normalized spacial score (nSPS) is 21.5. The van der Waals surface area contributed by atoms with Crippen LogP contribution in [0.4, 0.5) is 0 Å². The summed E-state index contributed by atoms with van der Waals surface area (Å²) in [5, 5.41) is 2.78. The first kappa shape index (κ1) is 28.7. The molecule has 2 aromatic rings. The number of methoxy groups -OCH3 is 2. The van der Waals surface area contributed by atoms with Crippen molar-refractivity contribution in [2.45, 2.75) is 47.5 Å². The lowest BCUT2D eigenvalue weighted by Crippen LogP contribution is -2.63. The second kappa shape index (κ2) is 13.1. The third-order valence-electron chi connectivity index (χ3n) is 5.87. The summed E-state index contributed by atoms with van der Waals surface area (Å²) >= 11 is 17.6. The maximum atomic E-state index is 12.8. The van der Waals surface area contributed by atoms with Crippen LogP contribution in [-0.4, -0.2) is 54.6 Å². The highest BCUT2D eigenvalue weighted by Crippen LogP contribution is 2.35. The summed E-state index contributed by atoms with van der Waals surface area (Å²) in [5.74, 6) is -0.107. The Bertz CT molecular complexity index is 985. The molecule has 36 heavy (non-hydrogen) atoms. The minimum absolute atomic E-state index is 0.0265. The van der Waals surface area contributed by atoms with Crippen LogP contribution in [0.3, 0.4) is 0 Å². The van der Waals surface area contributed by atoms with Gasteiger partial charge in [0.2, 0.25) is 0 Å². The van der Waals surface area contributed by atoms with E-state index in [2.05, 4.69) is 11.9 Å². The third-order valence-corrected chi connectivity index (χ3v) is 6.39. The fourth-order valence-electron chi connectivity index (χ4n) is 3.92. The first-order chi connectivity index (χ1) is 17.2. The molecule has 0 saturated carbocycles. The fraction of sp³-hybridized carbons (Fsp3) is 0.423. The maximum Gasteiger partial charge on any atom is 0.273 e. The Labute approximate surface area is 226 Å². The average molecular weight is 559 g/mol. The second-order valence-electron chi connectivity index (χ2n) is 8.33. The number of halogens is 3. The lowest BCUT2D eigenvalue weighted by molar-refractivity contribution is -0.151. The number of alkyl halides is 3. The first-order valence-corrected chi connectivity index (χ1v) is 12.4. The van der Waals surface area contributed by atoms with Gasteiger partial charge in [0.05, 0.1) is 33.0 Å². The SMILES string of the molecule is C=C[C@](COCc1ccc(OC)cc1)(NC(=O)C(Cl)(Cl)Cl)[C@H]1O[C@H](OC)C[C@H]1OCc1ccccc1. The monoisotopic (exact) mass is 557 g/mol. The van der Waals surface area contributed by atoms with Crippen LogP contribution in [0.25, 0.3) is 0 Å². The van der Waals surface area contributed by atoms with Crippen molar-refractivity contribution in [1.29, 1.82) is 0 Å². The zero-order valence-electron chi connectivity index (χ0n) is 20.1. The quantitative estimate of drug-likeness (QED) is 0.293. The Morgan fingerprint density at radius 3 is 2.33 bits per heavy atom. The van der Waals surface area contributed by atoms with E-state index >= 15 is 0 Å². The minimum Gasteiger partial charge on any atom is -0.497 e. The lowest BCUT2D eigenvalue weighted by Gasteiger charge is -2.39. The maximum absolute atomic E-state index is 12.8. The van der Waals surface area contributed by atoms with Crippen molar-refractivity contribution in [2.75, 3.05) is 20.8 Å². The van der Waals surface area contributed by atoms with Crippen molar-refractivity contribution in [2.24, 2.45) is 0 Å². The molecule has 1 heterocycles. The van der Waals surface area contributed by atoms with Gasteiger partial charge in [0.25, 0.3) is 9.70 Å². The highest BCUT2D eigenvalue weighted by Gasteiger charge is 2.51. The van der Waals surface area contributed by atoms with Crippen molar-refractivity contribution < 1.29 is 28.5 Å². The number of carbonyl (C=O) groups is 1.